The lowest BCUT2D eigenvalue weighted by Crippen LogP contribution is -2.04. The molecule has 0 spiro atoms. The number of nitrogens with one attached hydrogen (secondary N) is 1. The van der Waals surface area contributed by atoms with Gasteiger partial charge in [-0.1, -0.05) is 11.6 Å². The van der Waals surface area contributed by atoms with Gasteiger partial charge in [0.05, 0.1) is 7.11 Å². The third kappa shape index (κ3) is 3.08. The van der Waals surface area contributed by atoms with Crippen LogP contribution in [0.1, 0.15) is 11.1 Å². The number of aromatic nitrogens is 3. The van der Waals surface area contributed by atoms with E-state index in [4.69, 9.17) is 21.1 Å². The number of benzene rings is 1. The second kappa shape index (κ2) is 5.92. The highest BCUT2D eigenvalue weighted by Gasteiger charge is 2.12. The second-order valence-electron chi connectivity index (χ2n) is 4.15. The van der Waals surface area contributed by atoms with Crippen molar-refractivity contribution in [2.75, 3.05) is 19.5 Å². The van der Waals surface area contributed by atoms with E-state index >= 15 is 0 Å². The van der Waals surface area contributed by atoms with Crippen molar-refractivity contribution in [2.45, 2.75) is 13.8 Å². The average molecular weight is 295 g/mol. The van der Waals surface area contributed by atoms with Crippen molar-refractivity contribution in [3.05, 3.63) is 28.3 Å². The topological polar surface area (TPSA) is 69.2 Å². The van der Waals surface area contributed by atoms with Crippen molar-refractivity contribution in [2.24, 2.45) is 0 Å². The Labute approximate surface area is 122 Å². The van der Waals surface area contributed by atoms with E-state index in [0.29, 0.717) is 16.7 Å². The first-order valence-corrected chi connectivity index (χ1v) is 6.33. The highest BCUT2D eigenvalue weighted by atomic mass is 35.5. The fraction of sp³-hybridized carbons (Fsp3) is 0.308. The molecule has 0 saturated heterocycles. The number of methoxy groups -OCH3 is 1. The molecule has 20 heavy (non-hydrogen) atoms. The van der Waals surface area contributed by atoms with E-state index in [1.165, 1.54) is 7.11 Å². The van der Waals surface area contributed by atoms with Gasteiger partial charge in [-0.25, -0.2) is 0 Å². The molecule has 2 rings (SSSR count). The van der Waals surface area contributed by atoms with Gasteiger partial charge in [-0.05, 0) is 37.1 Å². The molecule has 0 unspecified atom stereocenters. The first kappa shape index (κ1) is 14.3. The third-order valence-electron chi connectivity index (χ3n) is 2.62. The van der Waals surface area contributed by atoms with Gasteiger partial charge in [0.2, 0.25) is 5.95 Å². The summed E-state index contributed by atoms with van der Waals surface area (Å²) in [5, 5.41) is 3.49. The van der Waals surface area contributed by atoms with Crippen LogP contribution < -0.4 is 14.8 Å². The summed E-state index contributed by atoms with van der Waals surface area (Å²) < 4.78 is 10.8. The summed E-state index contributed by atoms with van der Waals surface area (Å²) in [6.07, 6.45) is 0. The zero-order chi connectivity index (χ0) is 14.7. The summed E-state index contributed by atoms with van der Waals surface area (Å²) in [6.45, 7) is 3.82. The Hall–Kier alpha value is -2.08. The Kier molecular flexibility index (Phi) is 4.24. The molecule has 1 heterocycles. The summed E-state index contributed by atoms with van der Waals surface area (Å²) >= 11 is 5.99. The highest BCUT2D eigenvalue weighted by Crippen LogP contribution is 2.30. The minimum atomic E-state index is 0.162. The Bertz CT molecular complexity index is 589. The minimum absolute atomic E-state index is 0.162. The number of hydrogen-bond donors (Lipinski definition) is 1. The summed E-state index contributed by atoms with van der Waals surface area (Å²) in [4.78, 5) is 12.2. The molecule has 0 aliphatic heterocycles. The largest absolute Gasteiger partial charge is 0.467 e. The van der Waals surface area contributed by atoms with Crippen molar-refractivity contribution in [1.29, 1.82) is 0 Å². The van der Waals surface area contributed by atoms with Crippen LogP contribution in [0, 0.1) is 13.8 Å². The Balaban J connectivity index is 2.39. The molecule has 0 bridgehead atoms. The maximum absolute atomic E-state index is 5.99. The van der Waals surface area contributed by atoms with Gasteiger partial charge in [-0.3, -0.25) is 0 Å². The summed E-state index contributed by atoms with van der Waals surface area (Å²) in [5.41, 5.74) is 1.81. The summed E-state index contributed by atoms with van der Waals surface area (Å²) in [5.74, 6) is 1.04. The lowest BCUT2D eigenvalue weighted by atomic mass is 10.1. The number of halogens is 1. The van der Waals surface area contributed by atoms with Gasteiger partial charge in [0.25, 0.3) is 0 Å². The van der Waals surface area contributed by atoms with Gasteiger partial charge in [-0.2, -0.15) is 9.97 Å². The number of hydrogen-bond acceptors (Lipinski definition) is 6. The van der Waals surface area contributed by atoms with Gasteiger partial charge in [0.1, 0.15) is 5.75 Å². The smallest absolute Gasteiger partial charge is 0.330 e. The maximum Gasteiger partial charge on any atom is 0.330 e. The van der Waals surface area contributed by atoms with E-state index in [1.54, 1.807) is 7.05 Å². The molecular formula is C13H15ClN4O2. The molecule has 106 valence electrons. The van der Waals surface area contributed by atoms with E-state index in [0.717, 1.165) is 11.1 Å². The first-order valence-electron chi connectivity index (χ1n) is 5.96. The highest BCUT2D eigenvalue weighted by molar-refractivity contribution is 6.30. The molecular weight excluding hydrogens is 280 g/mol. The van der Waals surface area contributed by atoms with Crippen LogP contribution in [0.15, 0.2) is 12.1 Å². The van der Waals surface area contributed by atoms with Crippen LogP contribution in [-0.2, 0) is 0 Å². The number of aryl methyl sites for hydroxylation is 2. The number of ether oxygens (including phenoxy) is 2. The van der Waals surface area contributed by atoms with Crippen molar-refractivity contribution < 1.29 is 9.47 Å². The fourth-order valence-corrected chi connectivity index (χ4v) is 2.06. The molecule has 0 saturated carbocycles. The van der Waals surface area contributed by atoms with Crippen LogP contribution in [0.4, 0.5) is 5.95 Å². The van der Waals surface area contributed by atoms with Gasteiger partial charge >= 0.3 is 12.0 Å². The summed E-state index contributed by atoms with van der Waals surface area (Å²) in [6, 6.07) is 3.99. The van der Waals surface area contributed by atoms with E-state index < -0.39 is 0 Å². The quantitative estimate of drug-likeness (QED) is 0.935. The molecule has 0 atom stereocenters. The lowest BCUT2D eigenvalue weighted by Gasteiger charge is -2.11. The summed E-state index contributed by atoms with van der Waals surface area (Å²) in [7, 11) is 3.19. The fourth-order valence-electron chi connectivity index (χ4n) is 1.74. The number of nitrogens with zero attached hydrogens (tertiary/aromatic N) is 3. The van der Waals surface area contributed by atoms with Gasteiger partial charge in [0.15, 0.2) is 0 Å². The zero-order valence-corrected chi connectivity index (χ0v) is 12.4. The van der Waals surface area contributed by atoms with Crippen molar-refractivity contribution in [3.8, 4) is 17.8 Å². The van der Waals surface area contributed by atoms with Gasteiger partial charge in [-0.15, -0.1) is 4.98 Å². The van der Waals surface area contributed by atoms with E-state index in [-0.39, 0.29) is 12.0 Å². The molecule has 1 aromatic heterocycles. The molecule has 0 amide bonds. The Morgan fingerprint density at radius 1 is 1.05 bits per heavy atom. The van der Waals surface area contributed by atoms with Crippen LogP contribution in [0.5, 0.6) is 17.8 Å². The molecule has 0 aliphatic rings. The monoisotopic (exact) mass is 294 g/mol. The Morgan fingerprint density at radius 3 is 2.20 bits per heavy atom. The van der Waals surface area contributed by atoms with Gasteiger partial charge < -0.3 is 14.8 Å². The van der Waals surface area contributed by atoms with Crippen LogP contribution in [0.3, 0.4) is 0 Å². The van der Waals surface area contributed by atoms with Crippen molar-refractivity contribution in [1.82, 2.24) is 15.0 Å². The van der Waals surface area contributed by atoms with Crippen molar-refractivity contribution >= 4 is 17.5 Å². The normalized spacial score (nSPS) is 10.2. The minimum Gasteiger partial charge on any atom is -0.467 e. The molecule has 7 heteroatoms. The molecule has 1 N–H and O–H groups in total. The van der Waals surface area contributed by atoms with E-state index in [9.17, 15) is 0 Å². The number of anilines is 1. The molecule has 2 aromatic rings. The maximum atomic E-state index is 5.99. The Morgan fingerprint density at radius 2 is 1.65 bits per heavy atom. The predicted molar refractivity (Wildman–Crippen MR) is 76.9 cm³/mol. The molecule has 1 aromatic carbocycles. The average Bonchev–Trinajstić information content (AvgIpc) is 2.42. The van der Waals surface area contributed by atoms with E-state index in [1.807, 2.05) is 26.0 Å². The standard InChI is InChI=1S/C13H15ClN4O2/c1-7-5-9(14)6-8(2)10(7)20-13-17-11(15-3)16-12(18-13)19-4/h5-6H,1-4H3,(H,15,16,17,18). The third-order valence-corrected chi connectivity index (χ3v) is 2.84. The molecule has 6 nitrogen and oxygen atoms in total. The van der Waals surface area contributed by atoms with Crippen LogP contribution in [0.25, 0.3) is 0 Å². The van der Waals surface area contributed by atoms with Crippen LogP contribution in [0.2, 0.25) is 5.02 Å². The SMILES string of the molecule is CNc1nc(OC)nc(Oc2c(C)cc(Cl)cc2C)n1. The van der Waals surface area contributed by atoms with Crippen LogP contribution >= 0.6 is 11.6 Å². The second-order valence-corrected chi connectivity index (χ2v) is 4.59. The van der Waals surface area contributed by atoms with Crippen LogP contribution in [-0.4, -0.2) is 29.1 Å². The predicted octanol–water partition coefficient (Wildman–Crippen LogP) is 2.98. The van der Waals surface area contributed by atoms with E-state index in [2.05, 4.69) is 20.3 Å². The number of rotatable bonds is 4. The lowest BCUT2D eigenvalue weighted by molar-refractivity contribution is 0.359. The molecule has 0 radical (unpaired) electrons. The zero-order valence-electron chi connectivity index (χ0n) is 11.7. The molecule has 0 fully saturated rings. The van der Waals surface area contributed by atoms with Crippen molar-refractivity contribution in [3.63, 3.8) is 0 Å². The first-order chi connectivity index (χ1) is 9.53. The molecule has 0 aliphatic carbocycles. The van der Waals surface area contributed by atoms with Gasteiger partial charge in [0, 0.05) is 12.1 Å².